The molecule has 1 aliphatic heterocycles. The van der Waals surface area contributed by atoms with E-state index in [-0.39, 0.29) is 44.5 Å². The number of carbonyl (C=O) groups excluding carboxylic acids is 2. The molecule has 1 aliphatic rings. The molecule has 0 bridgehead atoms. The molecule has 1 heterocycles. The van der Waals surface area contributed by atoms with Gasteiger partial charge in [-0.25, -0.2) is 4.79 Å². The molecule has 1 saturated heterocycles. The monoisotopic (exact) mass is 518 g/mol. The number of nitrogens with one attached hydrogen (secondary N) is 2. The number of aliphatic hydroxyl groups is 2. The summed E-state index contributed by atoms with van der Waals surface area (Å²) < 4.78 is 17.5. The molecule has 3 rings (SSSR count). The van der Waals surface area contributed by atoms with Gasteiger partial charge < -0.3 is 35.1 Å². The minimum Gasteiger partial charge on any atom is -0.465 e. The zero-order chi connectivity index (χ0) is 25.9. The van der Waals surface area contributed by atoms with E-state index in [4.69, 9.17) is 14.2 Å². The minimum atomic E-state index is -0.616. The second-order valence-electron chi connectivity index (χ2n) is 8.36. The quantitative estimate of drug-likeness (QED) is 0.263. The Morgan fingerprint density at radius 3 is 2.36 bits per heavy atom. The van der Waals surface area contributed by atoms with Gasteiger partial charge in [-0.05, 0) is 30.2 Å². The summed E-state index contributed by atoms with van der Waals surface area (Å²) in [5.41, 5.74) is 3.19. The van der Waals surface area contributed by atoms with Gasteiger partial charge in [-0.15, -0.1) is 0 Å². The smallest absolute Gasteiger partial charge is 0.325 e. The van der Waals surface area contributed by atoms with Crippen molar-refractivity contribution in [3.05, 3.63) is 65.2 Å². The highest BCUT2D eigenvalue weighted by molar-refractivity contribution is 7.99. The maximum atomic E-state index is 12.0. The maximum Gasteiger partial charge on any atom is 0.325 e. The molecule has 0 spiro atoms. The standard InChI is InChI=1S/C26H34N2O7S/c1-3-33-23(31)14-27-26(32)28-21-10-8-20(9-11-21)25-34-22(16-36-13-12-29)17(2)24(35-25)19-6-4-18(15-30)5-7-19/h4-11,17,22,24-25,29-30H,3,12-16H2,1-2H3,(H2,27,28,32)/t17-,22+,24+,25+/m0/s1. The molecule has 4 N–H and O–H groups in total. The molecule has 10 heteroatoms. The number of hydrogen-bond donors (Lipinski definition) is 4. The first-order valence-electron chi connectivity index (χ1n) is 11.9. The van der Waals surface area contributed by atoms with Crippen LogP contribution in [0.3, 0.4) is 0 Å². The normalized spacial score (nSPS) is 21.6. The molecule has 36 heavy (non-hydrogen) atoms. The van der Waals surface area contributed by atoms with Gasteiger partial charge in [-0.3, -0.25) is 4.79 Å². The number of carbonyl (C=O) groups is 2. The van der Waals surface area contributed by atoms with Crippen LogP contribution < -0.4 is 10.6 Å². The van der Waals surface area contributed by atoms with E-state index in [1.807, 2.05) is 36.4 Å². The lowest BCUT2D eigenvalue weighted by atomic mass is 9.91. The molecule has 0 saturated carbocycles. The summed E-state index contributed by atoms with van der Waals surface area (Å²) in [4.78, 5) is 23.4. The largest absolute Gasteiger partial charge is 0.465 e. The fourth-order valence-electron chi connectivity index (χ4n) is 3.84. The molecule has 2 aromatic rings. The Kier molecular flexibility index (Phi) is 11.0. The molecule has 0 aromatic heterocycles. The van der Waals surface area contributed by atoms with Crippen LogP contribution >= 0.6 is 11.8 Å². The Balaban J connectivity index is 1.69. The first-order valence-corrected chi connectivity index (χ1v) is 13.1. The summed E-state index contributed by atoms with van der Waals surface area (Å²) in [7, 11) is 0. The van der Waals surface area contributed by atoms with Crippen LogP contribution in [0.15, 0.2) is 48.5 Å². The number of rotatable bonds is 11. The summed E-state index contributed by atoms with van der Waals surface area (Å²) >= 11 is 1.63. The van der Waals surface area contributed by atoms with E-state index >= 15 is 0 Å². The van der Waals surface area contributed by atoms with Crippen molar-refractivity contribution in [3.63, 3.8) is 0 Å². The topological polar surface area (TPSA) is 126 Å². The van der Waals surface area contributed by atoms with Gasteiger partial charge in [-0.1, -0.05) is 43.3 Å². The van der Waals surface area contributed by atoms with Crippen LogP contribution in [0.2, 0.25) is 0 Å². The predicted molar refractivity (Wildman–Crippen MR) is 137 cm³/mol. The first kappa shape index (κ1) is 27.9. The molecular weight excluding hydrogens is 484 g/mol. The van der Waals surface area contributed by atoms with Crippen molar-refractivity contribution < 1.29 is 34.0 Å². The summed E-state index contributed by atoms with van der Waals surface area (Å²) in [5.74, 6) is 0.909. The fraction of sp³-hybridized carbons (Fsp3) is 0.462. The summed E-state index contributed by atoms with van der Waals surface area (Å²) in [6.07, 6.45) is -0.938. The van der Waals surface area contributed by atoms with Crippen molar-refractivity contribution in [2.24, 2.45) is 5.92 Å². The maximum absolute atomic E-state index is 12.0. The van der Waals surface area contributed by atoms with Gasteiger partial charge in [0.05, 0.1) is 32.0 Å². The van der Waals surface area contributed by atoms with Gasteiger partial charge in [0.25, 0.3) is 0 Å². The molecule has 0 unspecified atom stereocenters. The van der Waals surface area contributed by atoms with Crippen LogP contribution in [-0.2, 0) is 25.6 Å². The number of urea groups is 1. The van der Waals surface area contributed by atoms with Crippen LogP contribution in [0, 0.1) is 5.92 Å². The SMILES string of the molecule is CCOC(=O)CNC(=O)Nc1ccc([C@@H]2O[C@H](CSCCO)[C@H](C)[C@H](c3ccc(CO)cc3)O2)cc1. The van der Waals surface area contributed by atoms with Crippen LogP contribution in [-0.4, -0.2) is 59.6 Å². The number of anilines is 1. The van der Waals surface area contributed by atoms with Crippen molar-refractivity contribution in [1.82, 2.24) is 5.32 Å². The highest BCUT2D eigenvalue weighted by atomic mass is 32.2. The lowest BCUT2D eigenvalue weighted by molar-refractivity contribution is -0.268. The molecule has 1 fully saturated rings. The Morgan fingerprint density at radius 1 is 1.03 bits per heavy atom. The molecule has 196 valence electrons. The van der Waals surface area contributed by atoms with Gasteiger partial charge in [0.15, 0.2) is 6.29 Å². The van der Waals surface area contributed by atoms with Crippen LogP contribution in [0.25, 0.3) is 0 Å². The van der Waals surface area contributed by atoms with E-state index in [0.717, 1.165) is 16.7 Å². The molecule has 0 radical (unpaired) electrons. The third kappa shape index (κ3) is 7.94. The molecular formula is C26H34N2O7S. The van der Waals surface area contributed by atoms with Crippen LogP contribution in [0.5, 0.6) is 0 Å². The van der Waals surface area contributed by atoms with E-state index in [0.29, 0.717) is 17.2 Å². The summed E-state index contributed by atoms with van der Waals surface area (Å²) in [5, 5.41) is 23.7. The average molecular weight is 519 g/mol. The number of ether oxygens (including phenoxy) is 3. The molecule has 2 amide bonds. The van der Waals surface area contributed by atoms with Gasteiger partial charge in [0.2, 0.25) is 0 Å². The molecule has 9 nitrogen and oxygen atoms in total. The summed E-state index contributed by atoms with van der Waals surface area (Å²) in [6.45, 7) is 3.92. The fourth-order valence-corrected chi connectivity index (χ4v) is 4.75. The van der Waals surface area contributed by atoms with Crippen molar-refractivity contribution in [2.75, 3.05) is 36.6 Å². The van der Waals surface area contributed by atoms with Gasteiger partial charge in [0.1, 0.15) is 6.54 Å². The summed E-state index contributed by atoms with van der Waals surface area (Å²) in [6, 6.07) is 14.3. The number of benzene rings is 2. The minimum absolute atomic E-state index is 0.0191. The Hall–Kier alpha value is -2.63. The number of hydrogen-bond acceptors (Lipinski definition) is 8. The Morgan fingerprint density at radius 2 is 1.72 bits per heavy atom. The van der Waals surface area contributed by atoms with Crippen molar-refractivity contribution in [1.29, 1.82) is 0 Å². The highest BCUT2D eigenvalue weighted by Gasteiger charge is 2.38. The van der Waals surface area contributed by atoms with E-state index in [2.05, 4.69) is 17.6 Å². The lowest BCUT2D eigenvalue weighted by Crippen LogP contribution is -2.38. The van der Waals surface area contributed by atoms with Gasteiger partial charge >= 0.3 is 12.0 Å². The zero-order valence-corrected chi connectivity index (χ0v) is 21.3. The molecule has 4 atom stereocenters. The average Bonchev–Trinajstić information content (AvgIpc) is 2.89. The molecule has 2 aromatic carbocycles. The second kappa shape index (κ2) is 14.2. The van der Waals surface area contributed by atoms with E-state index in [1.54, 1.807) is 30.8 Å². The number of thioether (sulfide) groups is 1. The third-order valence-electron chi connectivity index (χ3n) is 5.78. The Bertz CT molecular complexity index is 971. The van der Waals surface area contributed by atoms with E-state index < -0.39 is 18.3 Å². The van der Waals surface area contributed by atoms with Gasteiger partial charge in [-0.2, -0.15) is 11.8 Å². The van der Waals surface area contributed by atoms with Gasteiger partial charge in [0, 0.05) is 28.7 Å². The van der Waals surface area contributed by atoms with Crippen LogP contribution in [0.1, 0.15) is 42.9 Å². The second-order valence-corrected chi connectivity index (χ2v) is 9.51. The predicted octanol–water partition coefficient (Wildman–Crippen LogP) is 3.38. The molecule has 0 aliphatic carbocycles. The van der Waals surface area contributed by atoms with E-state index in [1.165, 1.54) is 0 Å². The Labute approximate surface area is 215 Å². The van der Waals surface area contributed by atoms with Crippen molar-refractivity contribution in [2.45, 2.75) is 39.0 Å². The van der Waals surface area contributed by atoms with E-state index in [9.17, 15) is 19.8 Å². The number of aliphatic hydroxyl groups excluding tert-OH is 2. The highest BCUT2D eigenvalue weighted by Crippen LogP contribution is 2.42. The zero-order valence-electron chi connectivity index (χ0n) is 20.5. The first-order chi connectivity index (χ1) is 17.4. The van der Waals surface area contributed by atoms with Crippen molar-refractivity contribution in [3.8, 4) is 0 Å². The third-order valence-corrected chi connectivity index (χ3v) is 6.82. The van der Waals surface area contributed by atoms with Crippen LogP contribution in [0.4, 0.5) is 10.5 Å². The van der Waals surface area contributed by atoms with Crippen molar-refractivity contribution >= 4 is 29.4 Å². The lowest BCUT2D eigenvalue weighted by Gasteiger charge is -2.41. The number of amides is 2. The number of esters is 1.